The van der Waals surface area contributed by atoms with Crippen molar-refractivity contribution < 1.29 is 4.79 Å². The number of hydrogen-bond donors (Lipinski definition) is 2. The minimum Gasteiger partial charge on any atom is -0.366 e. The first-order valence-corrected chi connectivity index (χ1v) is 6.71. The highest BCUT2D eigenvalue weighted by atomic mass is 16.1. The maximum Gasteiger partial charge on any atom is 0.249 e. The highest BCUT2D eigenvalue weighted by Gasteiger charge is 2.23. The van der Waals surface area contributed by atoms with Crippen LogP contribution in [0.4, 0.5) is 0 Å². The molecule has 3 nitrogen and oxygen atoms in total. The van der Waals surface area contributed by atoms with Gasteiger partial charge in [0.1, 0.15) is 0 Å². The summed E-state index contributed by atoms with van der Waals surface area (Å²) >= 11 is 0. The second kappa shape index (κ2) is 6.55. The van der Waals surface area contributed by atoms with Crippen molar-refractivity contribution in [3.8, 4) is 0 Å². The van der Waals surface area contributed by atoms with Crippen LogP contribution in [0.3, 0.4) is 0 Å². The molecule has 0 unspecified atom stereocenters. The molecule has 0 aliphatic heterocycles. The van der Waals surface area contributed by atoms with E-state index in [2.05, 4.69) is 26.1 Å². The third kappa shape index (κ3) is 3.33. The molecule has 0 bridgehead atoms. The summed E-state index contributed by atoms with van der Waals surface area (Å²) in [5, 5.41) is 3.59. The monoisotopic (exact) mass is 248 g/mol. The number of benzene rings is 1. The van der Waals surface area contributed by atoms with Gasteiger partial charge in [0.05, 0.1) is 0 Å². The summed E-state index contributed by atoms with van der Waals surface area (Å²) in [6.45, 7) is 7.27. The lowest BCUT2D eigenvalue weighted by Gasteiger charge is -2.32. The van der Waals surface area contributed by atoms with Crippen molar-refractivity contribution in [2.45, 2.75) is 52.1 Å². The molecule has 0 atom stereocenters. The average molecular weight is 248 g/mol. The van der Waals surface area contributed by atoms with Gasteiger partial charge in [-0.05, 0) is 30.9 Å². The molecule has 1 amide bonds. The number of nitrogens with two attached hydrogens (primary N) is 1. The van der Waals surface area contributed by atoms with Crippen LogP contribution in [-0.4, -0.2) is 11.4 Å². The molecule has 0 aliphatic carbocycles. The Bertz CT molecular complexity index is 389. The molecular weight excluding hydrogens is 224 g/mol. The van der Waals surface area contributed by atoms with Crippen LogP contribution in [0.5, 0.6) is 0 Å². The molecule has 0 aromatic heterocycles. The molecule has 0 fully saturated rings. The van der Waals surface area contributed by atoms with Gasteiger partial charge in [-0.2, -0.15) is 0 Å². The van der Waals surface area contributed by atoms with Crippen LogP contribution in [-0.2, 0) is 6.54 Å². The van der Waals surface area contributed by atoms with Gasteiger partial charge in [-0.15, -0.1) is 0 Å². The van der Waals surface area contributed by atoms with Crippen LogP contribution in [0.1, 0.15) is 56.0 Å². The van der Waals surface area contributed by atoms with Crippen molar-refractivity contribution in [2.24, 2.45) is 5.73 Å². The minimum atomic E-state index is -0.359. The topological polar surface area (TPSA) is 55.1 Å². The largest absolute Gasteiger partial charge is 0.366 e. The van der Waals surface area contributed by atoms with Crippen LogP contribution < -0.4 is 11.1 Å². The smallest absolute Gasteiger partial charge is 0.249 e. The van der Waals surface area contributed by atoms with Gasteiger partial charge in [0.25, 0.3) is 0 Å². The van der Waals surface area contributed by atoms with E-state index < -0.39 is 0 Å². The van der Waals surface area contributed by atoms with E-state index in [0.29, 0.717) is 12.1 Å². The first kappa shape index (κ1) is 14.7. The standard InChI is InChI=1S/C15H24N2O/c1-4-15(5-2,6-3)17-11-12-9-7-8-10-13(12)14(16)18/h7-10,17H,4-6,11H2,1-3H3,(H2,16,18). The molecule has 0 saturated heterocycles. The third-order valence-electron chi connectivity index (χ3n) is 3.97. The van der Waals surface area contributed by atoms with Gasteiger partial charge < -0.3 is 11.1 Å². The molecule has 0 saturated carbocycles. The molecule has 1 aromatic carbocycles. The number of rotatable bonds is 7. The van der Waals surface area contributed by atoms with Crippen molar-refractivity contribution in [1.82, 2.24) is 5.32 Å². The van der Waals surface area contributed by atoms with E-state index in [0.717, 1.165) is 24.8 Å². The summed E-state index contributed by atoms with van der Waals surface area (Å²) in [7, 11) is 0. The minimum absolute atomic E-state index is 0.157. The summed E-state index contributed by atoms with van der Waals surface area (Å²) in [6, 6.07) is 7.52. The zero-order valence-corrected chi connectivity index (χ0v) is 11.6. The Morgan fingerprint density at radius 1 is 1.17 bits per heavy atom. The van der Waals surface area contributed by atoms with Crippen LogP contribution >= 0.6 is 0 Å². The van der Waals surface area contributed by atoms with Crippen LogP contribution in [0, 0.1) is 0 Å². The molecule has 1 rings (SSSR count). The lowest BCUT2D eigenvalue weighted by molar-refractivity contribution is 0.0999. The second-order valence-corrected chi connectivity index (χ2v) is 4.72. The maximum absolute atomic E-state index is 11.3. The summed E-state index contributed by atoms with van der Waals surface area (Å²) in [5.74, 6) is -0.359. The second-order valence-electron chi connectivity index (χ2n) is 4.72. The fraction of sp³-hybridized carbons (Fsp3) is 0.533. The summed E-state index contributed by atoms with van der Waals surface area (Å²) < 4.78 is 0. The van der Waals surface area contributed by atoms with Crippen LogP contribution in [0.2, 0.25) is 0 Å². The van der Waals surface area contributed by atoms with Gasteiger partial charge in [-0.1, -0.05) is 39.0 Å². The first-order chi connectivity index (χ1) is 8.58. The van der Waals surface area contributed by atoms with E-state index in [9.17, 15) is 4.79 Å². The van der Waals surface area contributed by atoms with Gasteiger partial charge in [0.2, 0.25) is 5.91 Å². The number of hydrogen-bond acceptors (Lipinski definition) is 2. The van der Waals surface area contributed by atoms with Crippen molar-refractivity contribution in [2.75, 3.05) is 0 Å². The number of amides is 1. The van der Waals surface area contributed by atoms with Gasteiger partial charge >= 0.3 is 0 Å². The molecule has 3 N–H and O–H groups in total. The molecule has 3 heteroatoms. The van der Waals surface area contributed by atoms with E-state index in [1.165, 1.54) is 0 Å². The zero-order valence-electron chi connectivity index (χ0n) is 11.6. The zero-order chi connectivity index (χ0) is 13.6. The number of carbonyl (C=O) groups is 1. The number of primary amides is 1. The quantitative estimate of drug-likeness (QED) is 0.779. The van der Waals surface area contributed by atoms with Crippen LogP contribution in [0.25, 0.3) is 0 Å². The van der Waals surface area contributed by atoms with Gasteiger partial charge in [0.15, 0.2) is 0 Å². The van der Waals surface area contributed by atoms with Crippen molar-refractivity contribution in [1.29, 1.82) is 0 Å². The Hall–Kier alpha value is -1.35. The lowest BCUT2D eigenvalue weighted by atomic mass is 9.89. The van der Waals surface area contributed by atoms with E-state index in [-0.39, 0.29) is 11.4 Å². The highest BCUT2D eigenvalue weighted by molar-refractivity contribution is 5.94. The molecule has 1 aromatic rings. The predicted molar refractivity (Wildman–Crippen MR) is 75.4 cm³/mol. The molecule has 18 heavy (non-hydrogen) atoms. The Morgan fingerprint density at radius 3 is 2.22 bits per heavy atom. The molecule has 100 valence electrons. The van der Waals surface area contributed by atoms with E-state index >= 15 is 0 Å². The number of nitrogens with one attached hydrogen (secondary N) is 1. The van der Waals surface area contributed by atoms with Crippen molar-refractivity contribution in [3.63, 3.8) is 0 Å². The molecule has 0 radical (unpaired) electrons. The molecule has 0 spiro atoms. The normalized spacial score (nSPS) is 11.5. The highest BCUT2D eigenvalue weighted by Crippen LogP contribution is 2.20. The third-order valence-corrected chi connectivity index (χ3v) is 3.97. The van der Waals surface area contributed by atoms with Gasteiger partial charge in [0, 0.05) is 17.6 Å². The van der Waals surface area contributed by atoms with Crippen molar-refractivity contribution >= 4 is 5.91 Å². The van der Waals surface area contributed by atoms with E-state index in [1.54, 1.807) is 6.07 Å². The Kier molecular flexibility index (Phi) is 5.35. The summed E-state index contributed by atoms with van der Waals surface area (Å²) in [5.41, 5.74) is 7.13. The van der Waals surface area contributed by atoms with Crippen LogP contribution in [0.15, 0.2) is 24.3 Å². The SMILES string of the molecule is CCC(CC)(CC)NCc1ccccc1C(N)=O. The maximum atomic E-state index is 11.3. The molecule has 0 heterocycles. The first-order valence-electron chi connectivity index (χ1n) is 6.71. The van der Waals surface area contributed by atoms with Crippen molar-refractivity contribution in [3.05, 3.63) is 35.4 Å². The fourth-order valence-corrected chi connectivity index (χ4v) is 2.32. The molecule has 0 aliphatic rings. The summed E-state index contributed by atoms with van der Waals surface area (Å²) in [6.07, 6.45) is 3.25. The predicted octanol–water partition coefficient (Wildman–Crippen LogP) is 2.84. The number of carbonyl (C=O) groups excluding carboxylic acids is 1. The summed E-state index contributed by atoms with van der Waals surface area (Å²) in [4.78, 5) is 11.3. The van der Waals surface area contributed by atoms with Gasteiger partial charge in [-0.3, -0.25) is 4.79 Å². The lowest BCUT2D eigenvalue weighted by Crippen LogP contribution is -2.43. The molecular formula is C15H24N2O. The average Bonchev–Trinajstić information content (AvgIpc) is 2.41. The van der Waals surface area contributed by atoms with E-state index in [4.69, 9.17) is 5.73 Å². The Morgan fingerprint density at radius 2 is 1.72 bits per heavy atom. The fourth-order valence-electron chi connectivity index (χ4n) is 2.32. The Labute approximate surface area is 110 Å². The van der Waals surface area contributed by atoms with E-state index in [1.807, 2.05) is 18.2 Å². The Balaban J connectivity index is 2.83. The van der Waals surface area contributed by atoms with Gasteiger partial charge in [-0.25, -0.2) is 0 Å².